The monoisotopic (exact) mass is 251 g/mol. The minimum atomic E-state index is 0.215. The fourth-order valence-electron chi connectivity index (χ4n) is 1.97. The highest BCUT2D eigenvalue weighted by molar-refractivity contribution is 5.36. The Morgan fingerprint density at radius 2 is 2.11 bits per heavy atom. The smallest absolute Gasteiger partial charge is 0.257 e. The Morgan fingerprint density at radius 3 is 2.78 bits per heavy atom. The van der Waals surface area contributed by atoms with Gasteiger partial charge in [-0.3, -0.25) is 0 Å². The van der Waals surface area contributed by atoms with Crippen LogP contribution in [0.15, 0.2) is 12.3 Å². The van der Waals surface area contributed by atoms with Crippen molar-refractivity contribution in [1.82, 2.24) is 4.98 Å². The molecule has 1 fully saturated rings. The second kappa shape index (κ2) is 6.59. The number of aromatic nitrogens is 1. The minimum absolute atomic E-state index is 0.215. The van der Waals surface area contributed by atoms with E-state index >= 15 is 0 Å². The van der Waals surface area contributed by atoms with Crippen molar-refractivity contribution in [2.75, 3.05) is 19.8 Å². The molecule has 0 N–H and O–H groups in total. The molecule has 1 aliphatic rings. The van der Waals surface area contributed by atoms with Gasteiger partial charge in [0.15, 0.2) is 5.75 Å². The standard InChI is InChI=1S/C14H21NO3/c1-3-11-9-13(14(15-10-11)17-4-2)18-12-5-7-16-8-6-12/h9-10,12H,3-8H2,1-2H3. The maximum Gasteiger partial charge on any atom is 0.257 e. The Kier molecular flexibility index (Phi) is 4.81. The molecule has 0 aliphatic carbocycles. The largest absolute Gasteiger partial charge is 0.485 e. The summed E-state index contributed by atoms with van der Waals surface area (Å²) in [5, 5.41) is 0. The first-order valence-corrected chi connectivity index (χ1v) is 6.69. The maximum atomic E-state index is 6.01. The zero-order valence-corrected chi connectivity index (χ0v) is 11.1. The van der Waals surface area contributed by atoms with Crippen molar-refractivity contribution in [2.24, 2.45) is 0 Å². The second-order valence-corrected chi connectivity index (χ2v) is 4.36. The molecule has 0 unspecified atom stereocenters. The Morgan fingerprint density at radius 1 is 1.33 bits per heavy atom. The molecule has 1 saturated heterocycles. The molecule has 1 aromatic heterocycles. The van der Waals surface area contributed by atoms with Crippen molar-refractivity contribution in [2.45, 2.75) is 39.2 Å². The average Bonchev–Trinajstić information content (AvgIpc) is 2.42. The van der Waals surface area contributed by atoms with Gasteiger partial charge in [-0.25, -0.2) is 4.98 Å². The van der Waals surface area contributed by atoms with Crippen LogP contribution in [-0.4, -0.2) is 30.9 Å². The van der Waals surface area contributed by atoms with Crippen LogP contribution >= 0.6 is 0 Å². The van der Waals surface area contributed by atoms with Crippen molar-refractivity contribution in [3.8, 4) is 11.6 Å². The maximum absolute atomic E-state index is 6.01. The first-order valence-electron chi connectivity index (χ1n) is 6.69. The fourth-order valence-corrected chi connectivity index (χ4v) is 1.97. The molecule has 0 amide bonds. The summed E-state index contributed by atoms with van der Waals surface area (Å²) in [6.07, 6.45) is 4.88. The molecule has 0 atom stereocenters. The van der Waals surface area contributed by atoms with E-state index in [9.17, 15) is 0 Å². The number of ether oxygens (including phenoxy) is 3. The zero-order valence-electron chi connectivity index (χ0n) is 11.1. The summed E-state index contributed by atoms with van der Waals surface area (Å²) in [5.41, 5.74) is 1.17. The zero-order chi connectivity index (χ0) is 12.8. The molecular weight excluding hydrogens is 230 g/mol. The molecule has 0 spiro atoms. The molecule has 4 heteroatoms. The Labute approximate surface area is 108 Å². The van der Waals surface area contributed by atoms with Crippen LogP contribution in [0, 0.1) is 0 Å². The van der Waals surface area contributed by atoms with Crippen molar-refractivity contribution >= 4 is 0 Å². The van der Waals surface area contributed by atoms with Gasteiger partial charge >= 0.3 is 0 Å². The van der Waals surface area contributed by atoms with Crippen LogP contribution < -0.4 is 9.47 Å². The molecule has 0 radical (unpaired) electrons. The van der Waals surface area contributed by atoms with Crippen molar-refractivity contribution in [3.05, 3.63) is 17.8 Å². The molecule has 0 bridgehead atoms. The van der Waals surface area contributed by atoms with Gasteiger partial charge in [-0.1, -0.05) is 6.92 Å². The number of aryl methyl sites for hydroxylation is 1. The first kappa shape index (κ1) is 13.1. The second-order valence-electron chi connectivity index (χ2n) is 4.36. The van der Waals surface area contributed by atoms with E-state index in [1.54, 1.807) is 0 Å². The SMILES string of the molecule is CCOc1ncc(CC)cc1OC1CCOCC1. The summed E-state index contributed by atoms with van der Waals surface area (Å²) >= 11 is 0. The van der Waals surface area contributed by atoms with Gasteiger partial charge in [-0.05, 0) is 25.0 Å². The van der Waals surface area contributed by atoms with Crippen molar-refractivity contribution in [1.29, 1.82) is 0 Å². The van der Waals surface area contributed by atoms with Crippen LogP contribution in [0.5, 0.6) is 11.6 Å². The van der Waals surface area contributed by atoms with Crippen LogP contribution in [0.3, 0.4) is 0 Å². The van der Waals surface area contributed by atoms with Crippen LogP contribution in [-0.2, 0) is 11.2 Å². The van der Waals surface area contributed by atoms with Crippen LogP contribution in [0.4, 0.5) is 0 Å². The Bertz CT molecular complexity index is 375. The van der Waals surface area contributed by atoms with E-state index in [0.717, 1.165) is 38.2 Å². The van der Waals surface area contributed by atoms with Gasteiger partial charge < -0.3 is 14.2 Å². The van der Waals surface area contributed by atoms with E-state index in [0.29, 0.717) is 12.5 Å². The quantitative estimate of drug-likeness (QED) is 0.806. The van der Waals surface area contributed by atoms with E-state index in [2.05, 4.69) is 11.9 Å². The van der Waals surface area contributed by atoms with Crippen molar-refractivity contribution < 1.29 is 14.2 Å². The number of hydrogen-bond acceptors (Lipinski definition) is 4. The molecule has 4 nitrogen and oxygen atoms in total. The molecule has 100 valence electrons. The van der Waals surface area contributed by atoms with Gasteiger partial charge in [0.05, 0.1) is 19.8 Å². The lowest BCUT2D eigenvalue weighted by atomic mass is 10.1. The van der Waals surface area contributed by atoms with E-state index in [-0.39, 0.29) is 6.10 Å². The predicted molar refractivity (Wildman–Crippen MR) is 69.3 cm³/mol. The first-order chi connectivity index (χ1) is 8.83. The van der Waals surface area contributed by atoms with E-state index in [1.807, 2.05) is 19.2 Å². The highest BCUT2D eigenvalue weighted by atomic mass is 16.5. The summed E-state index contributed by atoms with van der Waals surface area (Å²) < 4.78 is 16.9. The fraction of sp³-hybridized carbons (Fsp3) is 0.643. The summed E-state index contributed by atoms with van der Waals surface area (Å²) in [6.45, 7) is 6.21. The van der Waals surface area contributed by atoms with Crippen LogP contribution in [0.25, 0.3) is 0 Å². The Hall–Kier alpha value is -1.29. The highest BCUT2D eigenvalue weighted by Crippen LogP contribution is 2.28. The third kappa shape index (κ3) is 3.35. The molecule has 2 heterocycles. The number of hydrogen-bond donors (Lipinski definition) is 0. The summed E-state index contributed by atoms with van der Waals surface area (Å²) in [7, 11) is 0. The molecule has 2 rings (SSSR count). The normalized spacial score (nSPS) is 16.6. The minimum Gasteiger partial charge on any atom is -0.485 e. The van der Waals surface area contributed by atoms with Gasteiger partial charge in [0, 0.05) is 19.0 Å². The summed E-state index contributed by atoms with van der Waals surface area (Å²) in [6, 6.07) is 2.04. The lowest BCUT2D eigenvalue weighted by Crippen LogP contribution is -2.26. The molecule has 18 heavy (non-hydrogen) atoms. The summed E-state index contributed by atoms with van der Waals surface area (Å²) in [4.78, 5) is 4.33. The molecule has 0 saturated carbocycles. The lowest BCUT2D eigenvalue weighted by molar-refractivity contribution is 0.0240. The highest BCUT2D eigenvalue weighted by Gasteiger charge is 2.18. The lowest BCUT2D eigenvalue weighted by Gasteiger charge is -2.24. The van der Waals surface area contributed by atoms with Crippen molar-refractivity contribution in [3.63, 3.8) is 0 Å². The predicted octanol–water partition coefficient (Wildman–Crippen LogP) is 2.60. The number of pyridine rings is 1. The van der Waals surface area contributed by atoms with E-state index < -0.39 is 0 Å². The van der Waals surface area contributed by atoms with Crippen LogP contribution in [0.2, 0.25) is 0 Å². The van der Waals surface area contributed by atoms with Crippen LogP contribution in [0.1, 0.15) is 32.3 Å². The molecule has 1 aromatic rings. The third-order valence-corrected chi connectivity index (χ3v) is 3.03. The topological polar surface area (TPSA) is 40.6 Å². The molecule has 0 aromatic carbocycles. The van der Waals surface area contributed by atoms with Gasteiger partial charge in [0.25, 0.3) is 5.88 Å². The number of nitrogens with zero attached hydrogens (tertiary/aromatic N) is 1. The number of rotatable bonds is 5. The molecule has 1 aliphatic heterocycles. The van der Waals surface area contributed by atoms with Gasteiger partial charge in [0.2, 0.25) is 0 Å². The van der Waals surface area contributed by atoms with Gasteiger partial charge in [-0.2, -0.15) is 0 Å². The summed E-state index contributed by atoms with van der Waals surface area (Å²) in [5.74, 6) is 1.37. The molecular formula is C14H21NO3. The van der Waals surface area contributed by atoms with Gasteiger partial charge in [-0.15, -0.1) is 0 Å². The Balaban J connectivity index is 2.11. The third-order valence-electron chi connectivity index (χ3n) is 3.03. The van der Waals surface area contributed by atoms with E-state index in [1.165, 1.54) is 5.56 Å². The van der Waals surface area contributed by atoms with E-state index in [4.69, 9.17) is 14.2 Å². The average molecular weight is 251 g/mol. The van der Waals surface area contributed by atoms with Gasteiger partial charge in [0.1, 0.15) is 6.10 Å².